The number of aromatic nitrogens is 4. The third kappa shape index (κ3) is 2.75. The van der Waals surface area contributed by atoms with E-state index in [2.05, 4.69) is 26.2 Å². The zero-order valence-corrected chi connectivity index (χ0v) is 15.0. The fourth-order valence-corrected chi connectivity index (χ4v) is 3.67. The van der Waals surface area contributed by atoms with E-state index in [4.69, 9.17) is 4.98 Å². The highest BCUT2D eigenvalue weighted by atomic mass is 16.4. The van der Waals surface area contributed by atoms with Gasteiger partial charge in [0.2, 0.25) is 0 Å². The van der Waals surface area contributed by atoms with Gasteiger partial charge in [-0.05, 0) is 48.7 Å². The van der Waals surface area contributed by atoms with Crippen LogP contribution in [0.2, 0.25) is 0 Å². The van der Waals surface area contributed by atoms with Crippen LogP contribution in [0, 0.1) is 0 Å². The van der Waals surface area contributed by atoms with E-state index in [1.54, 1.807) is 24.8 Å². The minimum absolute atomic E-state index is 0.744. The number of rotatable bonds is 3. The van der Waals surface area contributed by atoms with E-state index >= 15 is 0 Å². The van der Waals surface area contributed by atoms with Crippen molar-refractivity contribution < 1.29 is 5.21 Å². The summed E-state index contributed by atoms with van der Waals surface area (Å²) in [6.07, 6.45) is 8.72. The molecule has 0 spiro atoms. The predicted molar refractivity (Wildman–Crippen MR) is 107 cm³/mol. The molecule has 5 rings (SSSR count). The normalized spacial score (nSPS) is 14.4. The van der Waals surface area contributed by atoms with Gasteiger partial charge >= 0.3 is 0 Å². The smallest absolute Gasteiger partial charge is 0.140 e. The maximum absolute atomic E-state index is 9.18. The van der Waals surface area contributed by atoms with E-state index < -0.39 is 0 Å². The minimum atomic E-state index is 0.744. The Morgan fingerprint density at radius 1 is 0.893 bits per heavy atom. The number of nitrogens with one attached hydrogen (secondary N) is 1. The van der Waals surface area contributed by atoms with E-state index in [9.17, 15) is 5.21 Å². The molecule has 0 bridgehead atoms. The second-order valence-electron chi connectivity index (χ2n) is 6.71. The molecule has 6 heteroatoms. The number of pyridine rings is 2. The van der Waals surface area contributed by atoms with Crippen molar-refractivity contribution in [3.63, 3.8) is 0 Å². The van der Waals surface area contributed by atoms with Crippen molar-refractivity contribution >= 4 is 5.71 Å². The average molecular weight is 367 g/mol. The second kappa shape index (κ2) is 6.74. The fraction of sp³-hybridized carbons (Fsp3) is 0.0909. The van der Waals surface area contributed by atoms with Crippen LogP contribution in [0.3, 0.4) is 0 Å². The molecule has 6 nitrogen and oxygen atoms in total. The molecule has 4 aromatic rings. The Bertz CT molecular complexity index is 1170. The van der Waals surface area contributed by atoms with Gasteiger partial charge < -0.3 is 10.2 Å². The van der Waals surface area contributed by atoms with Gasteiger partial charge in [-0.25, -0.2) is 4.98 Å². The quantitative estimate of drug-likeness (QED) is 0.417. The molecule has 0 aliphatic heterocycles. The third-order valence-electron chi connectivity index (χ3n) is 5.05. The molecule has 0 unspecified atom stereocenters. The number of benzene rings is 1. The lowest BCUT2D eigenvalue weighted by molar-refractivity contribution is 0.318. The van der Waals surface area contributed by atoms with Gasteiger partial charge in [-0.1, -0.05) is 17.3 Å². The average Bonchev–Trinajstić information content (AvgIpc) is 3.39. The number of oxime groups is 1. The summed E-state index contributed by atoms with van der Waals surface area (Å²) in [5.74, 6) is 0.771. The molecule has 0 saturated heterocycles. The van der Waals surface area contributed by atoms with Crippen LogP contribution < -0.4 is 0 Å². The molecule has 1 aliphatic rings. The first-order valence-electron chi connectivity index (χ1n) is 9.09. The van der Waals surface area contributed by atoms with E-state index in [1.807, 2.05) is 36.4 Å². The Balaban J connectivity index is 1.67. The lowest BCUT2D eigenvalue weighted by Gasteiger charge is -2.06. The molecule has 3 heterocycles. The first-order chi connectivity index (χ1) is 13.8. The Hall–Kier alpha value is -3.80. The molecular weight excluding hydrogens is 350 g/mol. The monoisotopic (exact) mass is 367 g/mol. The molecule has 1 aliphatic carbocycles. The van der Waals surface area contributed by atoms with E-state index in [0.717, 1.165) is 58.0 Å². The van der Waals surface area contributed by atoms with Gasteiger partial charge in [0.25, 0.3) is 0 Å². The molecule has 136 valence electrons. The number of imidazole rings is 1. The van der Waals surface area contributed by atoms with Gasteiger partial charge in [0.05, 0.1) is 17.1 Å². The van der Waals surface area contributed by atoms with Crippen LogP contribution in [0.15, 0.2) is 72.4 Å². The van der Waals surface area contributed by atoms with Crippen molar-refractivity contribution in [3.8, 4) is 33.9 Å². The number of aryl methyl sites for hydroxylation is 1. The highest BCUT2D eigenvalue weighted by molar-refractivity contribution is 6.04. The molecule has 3 aromatic heterocycles. The van der Waals surface area contributed by atoms with Crippen molar-refractivity contribution in [3.05, 3.63) is 78.4 Å². The highest BCUT2D eigenvalue weighted by Gasteiger charge is 2.21. The summed E-state index contributed by atoms with van der Waals surface area (Å²) in [5.41, 5.74) is 7.73. The van der Waals surface area contributed by atoms with Gasteiger partial charge in [-0.3, -0.25) is 9.97 Å². The van der Waals surface area contributed by atoms with E-state index in [-0.39, 0.29) is 0 Å². The summed E-state index contributed by atoms with van der Waals surface area (Å²) in [7, 11) is 0. The molecule has 28 heavy (non-hydrogen) atoms. The van der Waals surface area contributed by atoms with Gasteiger partial charge in [0, 0.05) is 47.0 Å². The largest absolute Gasteiger partial charge is 0.411 e. The van der Waals surface area contributed by atoms with Crippen LogP contribution >= 0.6 is 0 Å². The van der Waals surface area contributed by atoms with E-state index in [1.165, 1.54) is 5.56 Å². The summed E-state index contributed by atoms with van der Waals surface area (Å²) in [6, 6.07) is 14.0. The molecule has 0 saturated carbocycles. The predicted octanol–water partition coefficient (Wildman–Crippen LogP) is 4.33. The van der Waals surface area contributed by atoms with Gasteiger partial charge in [-0.15, -0.1) is 0 Å². The zero-order valence-electron chi connectivity index (χ0n) is 15.0. The number of hydrogen-bond acceptors (Lipinski definition) is 5. The topological polar surface area (TPSA) is 87.0 Å². The SMILES string of the molecule is O/N=C1\CCc2cc(-c3nc(-c4cccnc4)[nH]c3-c3ccncc3)ccc21. The Labute approximate surface area is 161 Å². The van der Waals surface area contributed by atoms with Gasteiger partial charge in [0.1, 0.15) is 5.82 Å². The number of aromatic amines is 1. The number of hydrogen-bond donors (Lipinski definition) is 2. The molecule has 0 fully saturated rings. The standard InChI is InChI=1S/C22H17N5O/c28-27-19-6-4-15-12-16(3-5-18(15)19)21-20(14-7-10-23-11-8-14)25-22(26-21)17-2-1-9-24-13-17/h1-3,5,7-13,28H,4,6H2,(H,25,26)/b27-19+. The van der Waals surface area contributed by atoms with Crippen molar-refractivity contribution in [2.75, 3.05) is 0 Å². The summed E-state index contributed by atoms with van der Waals surface area (Å²) < 4.78 is 0. The summed E-state index contributed by atoms with van der Waals surface area (Å²) >= 11 is 0. The van der Waals surface area contributed by atoms with Crippen LogP contribution in [0.5, 0.6) is 0 Å². The van der Waals surface area contributed by atoms with Crippen molar-refractivity contribution in [2.24, 2.45) is 5.16 Å². The van der Waals surface area contributed by atoms with Crippen LogP contribution in [0.4, 0.5) is 0 Å². The number of fused-ring (bicyclic) bond motifs is 1. The lowest BCUT2D eigenvalue weighted by Crippen LogP contribution is -1.94. The van der Waals surface area contributed by atoms with Crippen molar-refractivity contribution in [2.45, 2.75) is 12.8 Å². The molecular formula is C22H17N5O. The molecule has 0 atom stereocenters. The first-order valence-corrected chi connectivity index (χ1v) is 9.09. The van der Waals surface area contributed by atoms with Crippen molar-refractivity contribution in [1.82, 2.24) is 19.9 Å². The molecule has 0 radical (unpaired) electrons. The Morgan fingerprint density at radius 2 is 1.79 bits per heavy atom. The summed E-state index contributed by atoms with van der Waals surface area (Å²) in [6.45, 7) is 0. The minimum Gasteiger partial charge on any atom is -0.411 e. The molecule has 1 aromatic carbocycles. The Morgan fingerprint density at radius 3 is 2.57 bits per heavy atom. The van der Waals surface area contributed by atoms with Crippen LogP contribution in [-0.2, 0) is 6.42 Å². The summed E-state index contributed by atoms with van der Waals surface area (Å²) in [5, 5.41) is 12.6. The first kappa shape index (κ1) is 16.4. The molecule has 0 amide bonds. The van der Waals surface area contributed by atoms with Crippen LogP contribution in [-0.4, -0.2) is 30.9 Å². The maximum Gasteiger partial charge on any atom is 0.140 e. The third-order valence-corrected chi connectivity index (χ3v) is 5.05. The van der Waals surface area contributed by atoms with E-state index in [0.29, 0.717) is 0 Å². The number of nitrogens with zero attached hydrogens (tertiary/aromatic N) is 4. The highest BCUT2D eigenvalue weighted by Crippen LogP contribution is 2.35. The molecule has 2 N–H and O–H groups in total. The number of H-pyrrole nitrogens is 1. The maximum atomic E-state index is 9.18. The van der Waals surface area contributed by atoms with Crippen LogP contribution in [0.1, 0.15) is 17.5 Å². The van der Waals surface area contributed by atoms with Gasteiger partial charge in [-0.2, -0.15) is 0 Å². The Kier molecular flexibility index (Phi) is 3.94. The second-order valence-corrected chi connectivity index (χ2v) is 6.71. The van der Waals surface area contributed by atoms with Crippen LogP contribution in [0.25, 0.3) is 33.9 Å². The zero-order chi connectivity index (χ0) is 18.9. The fourth-order valence-electron chi connectivity index (χ4n) is 3.67. The summed E-state index contributed by atoms with van der Waals surface area (Å²) in [4.78, 5) is 16.7. The lowest BCUT2D eigenvalue weighted by atomic mass is 10.0. The van der Waals surface area contributed by atoms with Gasteiger partial charge in [0.15, 0.2) is 0 Å². The van der Waals surface area contributed by atoms with Crippen molar-refractivity contribution in [1.29, 1.82) is 0 Å².